The summed E-state index contributed by atoms with van der Waals surface area (Å²) in [6.45, 7) is 0. The normalized spacial score (nSPS) is 11.1. The summed E-state index contributed by atoms with van der Waals surface area (Å²) in [7, 11) is -2.67. The quantitative estimate of drug-likeness (QED) is 0.536. The molecule has 0 amide bonds. The first kappa shape index (κ1) is 17.9. The van der Waals surface area contributed by atoms with Crippen molar-refractivity contribution < 1.29 is 17.9 Å². The Kier molecular flexibility index (Phi) is 5.76. The fraction of sp³-hybridized carbons (Fsp3) is 0.154. The molecule has 0 saturated heterocycles. The number of aromatic nitrogens is 2. The van der Waals surface area contributed by atoms with E-state index < -0.39 is 16.0 Å². The molecule has 0 aliphatic carbocycles. The van der Waals surface area contributed by atoms with Crippen LogP contribution in [0.25, 0.3) is 0 Å². The molecule has 1 heterocycles. The second kappa shape index (κ2) is 7.41. The minimum Gasteiger partial charge on any atom is -0.464 e. The molecule has 0 unspecified atom stereocenters. The predicted molar refractivity (Wildman–Crippen MR) is 93.8 cm³/mol. The summed E-state index contributed by atoms with van der Waals surface area (Å²) in [6, 6.07) is 5.06. The first-order valence-electron chi connectivity index (χ1n) is 6.16. The van der Waals surface area contributed by atoms with Crippen LogP contribution in [-0.2, 0) is 20.5 Å². The largest absolute Gasteiger partial charge is 0.464 e. The van der Waals surface area contributed by atoms with Crippen LogP contribution in [0.2, 0.25) is 5.02 Å². The maximum atomic E-state index is 12.3. The lowest BCUT2D eigenvalue weighted by atomic mass is 10.2. The predicted octanol–water partition coefficient (Wildman–Crippen LogP) is 2.46. The van der Waals surface area contributed by atoms with Gasteiger partial charge in [0.25, 0.3) is 0 Å². The van der Waals surface area contributed by atoms with Crippen LogP contribution < -0.4 is 4.72 Å². The van der Waals surface area contributed by atoms with E-state index in [0.717, 1.165) is 3.57 Å². The van der Waals surface area contributed by atoms with Gasteiger partial charge in [-0.3, -0.25) is 4.72 Å². The molecule has 7 nitrogen and oxygen atoms in total. The highest BCUT2D eigenvalue weighted by Crippen LogP contribution is 2.22. The topological polar surface area (TPSA) is 98.2 Å². The number of hydrogen-bond acceptors (Lipinski definition) is 6. The average molecular weight is 468 g/mol. The highest BCUT2D eigenvalue weighted by molar-refractivity contribution is 14.1. The summed E-state index contributed by atoms with van der Waals surface area (Å²) in [5.74, 6) is -1.34. The lowest BCUT2D eigenvalue weighted by Gasteiger charge is -2.10. The Morgan fingerprint density at radius 2 is 2.04 bits per heavy atom. The van der Waals surface area contributed by atoms with Crippen molar-refractivity contribution in [3.05, 3.63) is 50.4 Å². The van der Waals surface area contributed by atoms with Crippen LogP contribution >= 0.6 is 34.2 Å². The zero-order chi connectivity index (χ0) is 17.0. The third-order valence-corrected chi connectivity index (χ3v) is 4.92. The molecule has 10 heteroatoms. The number of nitrogens with zero attached hydrogens (tertiary/aromatic N) is 2. The van der Waals surface area contributed by atoms with Gasteiger partial charge in [0.1, 0.15) is 0 Å². The van der Waals surface area contributed by atoms with Crippen molar-refractivity contribution in [3.63, 3.8) is 0 Å². The number of hydrogen-bond donors (Lipinski definition) is 1. The number of esters is 1. The summed E-state index contributed by atoms with van der Waals surface area (Å²) >= 11 is 8.07. The molecule has 0 aliphatic rings. The van der Waals surface area contributed by atoms with Crippen molar-refractivity contribution >= 4 is 56.0 Å². The zero-order valence-electron chi connectivity index (χ0n) is 11.8. The molecule has 2 aromatic rings. The molecular weight excluding hydrogens is 457 g/mol. The van der Waals surface area contributed by atoms with Gasteiger partial charge in [0.2, 0.25) is 10.0 Å². The summed E-state index contributed by atoms with van der Waals surface area (Å²) in [5.41, 5.74) is 0.224. The van der Waals surface area contributed by atoms with Crippen molar-refractivity contribution in [1.82, 2.24) is 9.97 Å². The minimum absolute atomic E-state index is 0.193. The fourth-order valence-electron chi connectivity index (χ4n) is 1.70. The molecule has 0 bridgehead atoms. The zero-order valence-corrected chi connectivity index (χ0v) is 15.5. The van der Waals surface area contributed by atoms with Gasteiger partial charge in [-0.05, 0) is 46.4 Å². The standard InChI is InChI=1S/C13H11ClIN3O4S/c1-22-13(19)11-12(17-5-4-16-11)18-23(20,21)7-8-6-9(15)2-3-10(8)14/h2-6H,7H2,1H3,(H,17,18). The number of rotatable bonds is 5. The Morgan fingerprint density at radius 3 is 2.74 bits per heavy atom. The Balaban J connectivity index is 2.29. The summed E-state index contributed by atoms with van der Waals surface area (Å²) in [5, 5.41) is 0.336. The van der Waals surface area contributed by atoms with Crippen LogP contribution in [0.1, 0.15) is 16.1 Å². The van der Waals surface area contributed by atoms with Gasteiger partial charge in [-0.15, -0.1) is 0 Å². The first-order valence-corrected chi connectivity index (χ1v) is 9.27. The highest BCUT2D eigenvalue weighted by atomic mass is 127. The lowest BCUT2D eigenvalue weighted by molar-refractivity contribution is 0.0595. The number of nitrogens with one attached hydrogen (secondary N) is 1. The number of ether oxygens (including phenoxy) is 1. The van der Waals surface area contributed by atoms with E-state index in [1.807, 2.05) is 0 Å². The number of halogens is 2. The van der Waals surface area contributed by atoms with Crippen LogP contribution in [0, 0.1) is 3.57 Å². The van der Waals surface area contributed by atoms with Gasteiger partial charge in [0, 0.05) is 21.0 Å². The Hall–Kier alpha value is -1.46. The fourth-order valence-corrected chi connectivity index (χ4v) is 3.68. The smallest absolute Gasteiger partial charge is 0.360 e. The molecule has 1 N–H and O–H groups in total. The van der Waals surface area contributed by atoms with Gasteiger partial charge in [-0.2, -0.15) is 0 Å². The summed E-state index contributed by atoms with van der Waals surface area (Å²) in [4.78, 5) is 19.2. The van der Waals surface area contributed by atoms with Crippen molar-refractivity contribution in [2.45, 2.75) is 5.75 Å². The van der Waals surface area contributed by atoms with E-state index in [0.29, 0.717) is 10.6 Å². The van der Waals surface area contributed by atoms with E-state index in [9.17, 15) is 13.2 Å². The third kappa shape index (κ3) is 4.75. The number of carbonyl (C=O) groups is 1. The Labute approximate surface area is 151 Å². The highest BCUT2D eigenvalue weighted by Gasteiger charge is 2.21. The van der Waals surface area contributed by atoms with Gasteiger partial charge in [0.15, 0.2) is 11.5 Å². The number of benzene rings is 1. The molecule has 0 atom stereocenters. The van der Waals surface area contributed by atoms with E-state index >= 15 is 0 Å². The first-order chi connectivity index (χ1) is 10.8. The molecule has 1 aromatic heterocycles. The number of sulfonamides is 1. The molecule has 0 spiro atoms. The van der Waals surface area contributed by atoms with E-state index in [2.05, 4.69) is 42.0 Å². The second-order valence-electron chi connectivity index (χ2n) is 4.34. The molecule has 2 rings (SSSR count). The SMILES string of the molecule is COC(=O)c1nccnc1NS(=O)(=O)Cc1cc(I)ccc1Cl. The van der Waals surface area contributed by atoms with Crippen LogP contribution in [-0.4, -0.2) is 31.5 Å². The minimum atomic E-state index is -3.84. The third-order valence-electron chi connectivity index (χ3n) is 2.68. The van der Waals surface area contributed by atoms with Crippen molar-refractivity contribution in [3.8, 4) is 0 Å². The average Bonchev–Trinajstić information content (AvgIpc) is 2.50. The number of methoxy groups -OCH3 is 1. The molecule has 0 saturated carbocycles. The van der Waals surface area contributed by atoms with Crippen molar-refractivity contribution in [2.75, 3.05) is 11.8 Å². The van der Waals surface area contributed by atoms with Gasteiger partial charge in [-0.1, -0.05) is 11.6 Å². The number of anilines is 1. The monoisotopic (exact) mass is 467 g/mol. The van der Waals surface area contributed by atoms with Gasteiger partial charge in [0.05, 0.1) is 12.9 Å². The van der Waals surface area contributed by atoms with Crippen LogP contribution in [0.5, 0.6) is 0 Å². The van der Waals surface area contributed by atoms with Crippen molar-refractivity contribution in [1.29, 1.82) is 0 Å². The molecule has 122 valence electrons. The lowest BCUT2D eigenvalue weighted by Crippen LogP contribution is -2.19. The van der Waals surface area contributed by atoms with Gasteiger partial charge < -0.3 is 4.74 Å². The number of carbonyl (C=O) groups excluding carboxylic acids is 1. The van der Waals surface area contributed by atoms with Crippen molar-refractivity contribution in [2.24, 2.45) is 0 Å². The second-order valence-corrected chi connectivity index (χ2v) is 7.72. The van der Waals surface area contributed by atoms with Crippen LogP contribution in [0.4, 0.5) is 5.82 Å². The van der Waals surface area contributed by atoms with Crippen LogP contribution in [0.3, 0.4) is 0 Å². The van der Waals surface area contributed by atoms with E-state index in [1.54, 1.807) is 18.2 Å². The molecular formula is C13H11ClIN3O4S. The van der Waals surface area contributed by atoms with E-state index in [1.165, 1.54) is 19.5 Å². The van der Waals surface area contributed by atoms with Gasteiger partial charge in [-0.25, -0.2) is 23.2 Å². The Morgan fingerprint density at radius 1 is 1.35 bits per heavy atom. The maximum Gasteiger partial charge on any atom is 0.360 e. The summed E-state index contributed by atoms with van der Waals surface area (Å²) in [6.07, 6.45) is 2.53. The van der Waals surface area contributed by atoms with E-state index in [4.69, 9.17) is 11.6 Å². The van der Waals surface area contributed by atoms with E-state index in [-0.39, 0.29) is 17.3 Å². The maximum absolute atomic E-state index is 12.3. The molecule has 1 aromatic carbocycles. The Bertz CT molecular complexity index is 845. The molecule has 0 aliphatic heterocycles. The molecule has 23 heavy (non-hydrogen) atoms. The van der Waals surface area contributed by atoms with Crippen LogP contribution in [0.15, 0.2) is 30.6 Å². The summed E-state index contributed by atoms with van der Waals surface area (Å²) < 4.78 is 32.2. The molecule has 0 radical (unpaired) electrons. The van der Waals surface area contributed by atoms with Gasteiger partial charge >= 0.3 is 5.97 Å². The molecule has 0 fully saturated rings.